The average molecular weight is 433 g/mol. The van der Waals surface area contributed by atoms with Crippen LogP contribution >= 0.6 is 11.3 Å². The minimum absolute atomic E-state index is 0.250. The average Bonchev–Trinajstić information content (AvgIpc) is 3.08. The minimum atomic E-state index is -4.38. The third-order valence-corrected chi connectivity index (χ3v) is 5.64. The van der Waals surface area contributed by atoms with E-state index in [1.54, 1.807) is 6.92 Å². The predicted octanol–water partition coefficient (Wildman–Crippen LogP) is 5.13. The molecule has 0 saturated carbocycles. The number of alkyl halides is 3. The molecule has 0 aliphatic heterocycles. The molecule has 158 valence electrons. The number of hydrogen-bond donors (Lipinski definition) is 1. The number of halogens is 3. The maximum Gasteiger partial charge on any atom is 0.416 e. The highest BCUT2D eigenvalue weighted by molar-refractivity contribution is 7.17. The Bertz CT molecular complexity index is 1010. The van der Waals surface area contributed by atoms with Gasteiger partial charge in [-0.15, -0.1) is 11.3 Å². The molecule has 3 rings (SSSR count). The maximum atomic E-state index is 12.7. The summed E-state index contributed by atoms with van der Waals surface area (Å²) in [4.78, 5) is 19.5. The largest absolute Gasteiger partial charge is 0.416 e. The standard InChI is InChI=1S/C22H22F3N3OS/c1-14-19(20(29)26-12-15-4-6-16(7-5-15)13-28(2)3)30-21(27-14)17-8-10-18(11-9-17)22(23,24)25/h4-11H,12-13H2,1-3H3,(H,26,29). The molecule has 4 nitrogen and oxygen atoms in total. The van der Waals surface area contributed by atoms with Crippen molar-refractivity contribution in [1.29, 1.82) is 0 Å². The Balaban J connectivity index is 1.66. The van der Waals surface area contributed by atoms with Crippen molar-refractivity contribution in [2.75, 3.05) is 14.1 Å². The summed E-state index contributed by atoms with van der Waals surface area (Å²) in [7, 11) is 4.01. The molecular weight excluding hydrogens is 411 g/mol. The van der Waals surface area contributed by atoms with Crippen LogP contribution in [0.25, 0.3) is 10.6 Å². The summed E-state index contributed by atoms with van der Waals surface area (Å²) in [5.41, 5.74) is 2.56. The second-order valence-corrected chi connectivity index (χ2v) is 8.24. The van der Waals surface area contributed by atoms with Gasteiger partial charge in [-0.2, -0.15) is 13.2 Å². The van der Waals surface area contributed by atoms with Gasteiger partial charge in [-0.3, -0.25) is 4.79 Å². The van der Waals surface area contributed by atoms with E-state index in [0.29, 0.717) is 27.7 Å². The summed E-state index contributed by atoms with van der Waals surface area (Å²) in [6, 6.07) is 12.8. The summed E-state index contributed by atoms with van der Waals surface area (Å²) in [6.45, 7) is 2.95. The number of amides is 1. The van der Waals surface area contributed by atoms with Crippen LogP contribution in [0.2, 0.25) is 0 Å². The summed E-state index contributed by atoms with van der Waals surface area (Å²) in [5.74, 6) is -0.250. The first kappa shape index (κ1) is 22.0. The van der Waals surface area contributed by atoms with E-state index < -0.39 is 11.7 Å². The number of carbonyl (C=O) groups excluding carboxylic acids is 1. The van der Waals surface area contributed by atoms with E-state index in [1.807, 2.05) is 38.4 Å². The third-order valence-electron chi connectivity index (χ3n) is 4.44. The Morgan fingerprint density at radius 1 is 1.03 bits per heavy atom. The summed E-state index contributed by atoms with van der Waals surface area (Å²) in [5, 5.41) is 3.40. The van der Waals surface area contributed by atoms with E-state index in [-0.39, 0.29) is 5.91 Å². The number of thiazole rings is 1. The molecule has 8 heteroatoms. The van der Waals surface area contributed by atoms with Crippen molar-refractivity contribution in [2.45, 2.75) is 26.2 Å². The van der Waals surface area contributed by atoms with Gasteiger partial charge in [-0.05, 0) is 44.3 Å². The second-order valence-electron chi connectivity index (χ2n) is 7.25. The zero-order valence-corrected chi connectivity index (χ0v) is 17.7. The van der Waals surface area contributed by atoms with Crippen molar-refractivity contribution in [3.63, 3.8) is 0 Å². The number of hydrogen-bond acceptors (Lipinski definition) is 4. The van der Waals surface area contributed by atoms with Crippen LogP contribution in [0.15, 0.2) is 48.5 Å². The number of aryl methyl sites for hydroxylation is 1. The van der Waals surface area contributed by atoms with E-state index in [9.17, 15) is 18.0 Å². The molecule has 1 amide bonds. The summed E-state index contributed by atoms with van der Waals surface area (Å²) < 4.78 is 38.2. The first-order valence-electron chi connectivity index (χ1n) is 9.29. The van der Waals surface area contributed by atoms with Crippen molar-refractivity contribution in [1.82, 2.24) is 15.2 Å². The van der Waals surface area contributed by atoms with Gasteiger partial charge in [0.2, 0.25) is 0 Å². The van der Waals surface area contributed by atoms with Crippen LogP contribution in [0.1, 0.15) is 32.1 Å². The molecule has 1 N–H and O–H groups in total. The SMILES string of the molecule is Cc1nc(-c2ccc(C(F)(F)F)cc2)sc1C(=O)NCc1ccc(CN(C)C)cc1. The van der Waals surface area contributed by atoms with E-state index in [1.165, 1.54) is 29.0 Å². The highest BCUT2D eigenvalue weighted by Gasteiger charge is 2.30. The fourth-order valence-electron chi connectivity index (χ4n) is 2.92. The molecular formula is C22H22F3N3OS. The highest BCUT2D eigenvalue weighted by atomic mass is 32.1. The predicted molar refractivity (Wildman–Crippen MR) is 112 cm³/mol. The molecule has 0 saturated heterocycles. The molecule has 2 aromatic carbocycles. The van der Waals surface area contributed by atoms with Gasteiger partial charge in [-0.25, -0.2) is 4.98 Å². The number of aromatic nitrogens is 1. The van der Waals surface area contributed by atoms with Crippen molar-refractivity contribution in [3.05, 3.63) is 75.8 Å². The lowest BCUT2D eigenvalue weighted by Crippen LogP contribution is -2.22. The van der Waals surface area contributed by atoms with E-state index >= 15 is 0 Å². The van der Waals surface area contributed by atoms with Gasteiger partial charge in [0, 0.05) is 18.7 Å². The van der Waals surface area contributed by atoms with Crippen molar-refractivity contribution in [3.8, 4) is 10.6 Å². The van der Waals surface area contributed by atoms with Crippen molar-refractivity contribution >= 4 is 17.2 Å². The Hall–Kier alpha value is -2.71. The quantitative estimate of drug-likeness (QED) is 0.586. The molecule has 30 heavy (non-hydrogen) atoms. The molecule has 0 bridgehead atoms. The molecule has 1 heterocycles. The van der Waals surface area contributed by atoms with Crippen LogP contribution in [-0.2, 0) is 19.3 Å². The Labute approximate surface area is 177 Å². The monoisotopic (exact) mass is 433 g/mol. The molecule has 1 aromatic heterocycles. The zero-order valence-electron chi connectivity index (χ0n) is 16.9. The van der Waals surface area contributed by atoms with Crippen molar-refractivity contribution in [2.24, 2.45) is 0 Å². The van der Waals surface area contributed by atoms with Crippen LogP contribution in [0, 0.1) is 6.92 Å². The van der Waals surface area contributed by atoms with Crippen LogP contribution in [0.3, 0.4) is 0 Å². The molecule has 0 radical (unpaired) electrons. The molecule has 0 unspecified atom stereocenters. The van der Waals surface area contributed by atoms with Gasteiger partial charge >= 0.3 is 6.18 Å². The Morgan fingerprint density at radius 3 is 2.20 bits per heavy atom. The lowest BCUT2D eigenvalue weighted by molar-refractivity contribution is -0.137. The van der Waals surface area contributed by atoms with E-state index in [0.717, 1.165) is 24.2 Å². The summed E-state index contributed by atoms with van der Waals surface area (Å²) >= 11 is 1.17. The smallest absolute Gasteiger partial charge is 0.347 e. The highest BCUT2D eigenvalue weighted by Crippen LogP contribution is 2.33. The first-order valence-corrected chi connectivity index (χ1v) is 10.1. The van der Waals surface area contributed by atoms with Crippen molar-refractivity contribution < 1.29 is 18.0 Å². The number of rotatable bonds is 6. The second kappa shape index (κ2) is 8.97. The van der Waals surface area contributed by atoms with Gasteiger partial charge < -0.3 is 10.2 Å². The van der Waals surface area contributed by atoms with Gasteiger partial charge in [0.05, 0.1) is 11.3 Å². The first-order chi connectivity index (χ1) is 14.1. The number of nitrogens with zero attached hydrogens (tertiary/aromatic N) is 2. The lowest BCUT2D eigenvalue weighted by atomic mass is 10.1. The van der Waals surface area contributed by atoms with Gasteiger partial charge in [0.1, 0.15) is 9.88 Å². The fourth-order valence-corrected chi connectivity index (χ4v) is 3.91. The van der Waals surface area contributed by atoms with Crippen LogP contribution in [0.5, 0.6) is 0 Å². The molecule has 0 fully saturated rings. The minimum Gasteiger partial charge on any atom is -0.347 e. The number of carbonyl (C=O) groups is 1. The van der Waals surface area contributed by atoms with E-state index in [4.69, 9.17) is 0 Å². The van der Waals surface area contributed by atoms with Crippen LogP contribution in [-0.4, -0.2) is 29.9 Å². The van der Waals surface area contributed by atoms with Gasteiger partial charge in [0.15, 0.2) is 0 Å². The fraction of sp³-hybridized carbons (Fsp3) is 0.273. The third kappa shape index (κ3) is 5.46. The summed E-state index contributed by atoms with van der Waals surface area (Å²) in [6.07, 6.45) is -4.38. The Kier molecular flexibility index (Phi) is 6.58. The van der Waals surface area contributed by atoms with Gasteiger partial charge in [-0.1, -0.05) is 36.4 Å². The molecule has 3 aromatic rings. The van der Waals surface area contributed by atoms with E-state index in [2.05, 4.69) is 15.2 Å². The molecule has 0 aliphatic carbocycles. The van der Waals surface area contributed by atoms with Crippen LogP contribution < -0.4 is 5.32 Å². The lowest BCUT2D eigenvalue weighted by Gasteiger charge is -2.10. The Morgan fingerprint density at radius 2 is 1.63 bits per heavy atom. The topological polar surface area (TPSA) is 45.2 Å². The number of nitrogens with one attached hydrogen (secondary N) is 1. The molecule has 0 atom stereocenters. The molecule has 0 spiro atoms. The maximum absolute atomic E-state index is 12.7. The van der Waals surface area contributed by atoms with Crippen LogP contribution in [0.4, 0.5) is 13.2 Å². The normalized spacial score (nSPS) is 11.7. The number of benzene rings is 2. The van der Waals surface area contributed by atoms with Gasteiger partial charge in [0.25, 0.3) is 5.91 Å². The molecule has 0 aliphatic rings. The zero-order chi connectivity index (χ0) is 21.9.